The number of phenols is 5. The Morgan fingerprint density at radius 1 is 0.735 bits per heavy atom. The Morgan fingerprint density at radius 2 is 1.62 bits per heavy atom. The van der Waals surface area contributed by atoms with Crippen molar-refractivity contribution in [3.63, 3.8) is 0 Å². The Balaban J connectivity index is 0.775. The number of hydrogen-bond donors (Lipinski definition) is 11. The van der Waals surface area contributed by atoms with E-state index in [1.165, 1.54) is 64.0 Å². The standard InChI is InChI=1S/C85H94N6O7/c92-70-23-17-50(37-73(70)95)16-21-60-61-11-4-12-71(93)75(61)77(97)76(96)62(60)22-15-49-13-18-52(19-14-49)67-42-81-43-68-56(39-63(69(44-81)90-68)51-7-2-1-3-8-51)45-86-35-27-55-46-87-66-40-53-28-36-98-47-57(53)38-54(74(55)66)9-5-29-82-31-25-59-41-64(81)79(91-67)85(80-65(26-32-82)88-48-89-80)78-72(94)24-20-58-10-6-30-83(58,78)33-34-84(59,82)85/h1-4,7-8,11-14,16-21,23-24,37,39,46,48,53-54,57-59,63-64,67-69,72,78-79,86-87,90-97H,6,9-10,15,22,25-28,30-36,38,40-45,47H2,(H,88,89)/b21-16+/t53-,54+,57+,58+,59-,63+,64+,67+,68+,69-,72+,78-,79+,81+,82-,83+,84+,85-/m1/s1. The van der Waals surface area contributed by atoms with Gasteiger partial charge in [-0.1, -0.05) is 116 Å². The fraction of sp³-hybridized carbons (Fsp3) is 0.494. The summed E-state index contributed by atoms with van der Waals surface area (Å²) in [5.41, 5.74) is 12.6. The van der Waals surface area contributed by atoms with Crippen LogP contribution < -0.4 is 16.0 Å². The summed E-state index contributed by atoms with van der Waals surface area (Å²) in [7, 11) is 0. The van der Waals surface area contributed by atoms with Crippen molar-refractivity contribution in [3.05, 3.63) is 189 Å². The first-order valence-corrected chi connectivity index (χ1v) is 37.5. The van der Waals surface area contributed by atoms with E-state index < -0.39 is 11.5 Å². The number of hydrogen-bond acceptors (Lipinski definition) is 11. The largest absolute Gasteiger partial charge is 0.507 e. The molecular formula is C85H94N6O7. The Bertz CT molecular complexity index is 4460. The van der Waals surface area contributed by atoms with E-state index in [4.69, 9.17) is 15.0 Å². The minimum Gasteiger partial charge on any atom is -0.507 e. The molecule has 506 valence electrons. The zero-order chi connectivity index (χ0) is 65.9. The lowest BCUT2D eigenvalue weighted by molar-refractivity contribution is -0.239. The van der Waals surface area contributed by atoms with E-state index in [1.807, 2.05) is 18.5 Å². The topological polar surface area (TPSA) is 211 Å². The van der Waals surface area contributed by atoms with Gasteiger partial charge in [0, 0.05) is 102 Å². The number of H-pyrrole nitrogens is 2. The molecule has 3 spiro atoms. The molecule has 3 saturated heterocycles. The SMILES string of the molecule is Oc1ccc(/C=C/c2c(CCc3ccc([C@@H]4C[C@]56C[C@@H]7N[C@H](C5)[C@H](c5ccccc5)C=C7CNCCc5c[nH]c7c5[C@@H](CC#C[C@@]58CCc9[nH]cnc9[C@]9%10[C@@H]%11[C@@H](O)C=C[C@@H]%12CCC[C@]%12%11CC[C@]59[C@H](CC8)C[C@H]6[C@@H]%10N4)C[C@H]4COCC[C@@H]4C7)cc3)c(O)c(O)c3c(O)cccc23)cc1O. The third kappa shape index (κ3) is 9.04. The van der Waals surface area contributed by atoms with Crippen LogP contribution in [0.25, 0.3) is 22.9 Å². The Labute approximate surface area is 575 Å². The lowest BCUT2D eigenvalue weighted by Gasteiger charge is -2.76. The Morgan fingerprint density at radius 3 is 2.51 bits per heavy atom. The molecule has 7 bridgehead atoms. The molecule has 7 aromatic rings. The van der Waals surface area contributed by atoms with Crippen LogP contribution >= 0.6 is 0 Å². The van der Waals surface area contributed by atoms with E-state index in [9.17, 15) is 30.6 Å². The van der Waals surface area contributed by atoms with E-state index in [1.54, 1.807) is 23.8 Å². The number of nitrogens with zero attached hydrogens (tertiary/aromatic N) is 1. The highest BCUT2D eigenvalue weighted by Gasteiger charge is 2.83. The highest BCUT2D eigenvalue weighted by molar-refractivity contribution is 6.03. The number of nitrogens with one attached hydrogen (secondary N) is 5. The van der Waals surface area contributed by atoms with E-state index in [2.05, 4.69) is 111 Å². The summed E-state index contributed by atoms with van der Waals surface area (Å²) >= 11 is 0. The number of rotatable bonds is 7. The maximum atomic E-state index is 13.9. The second-order valence-corrected chi connectivity index (χ2v) is 32.8. The number of aryl methyl sites for hydroxylation is 2. The molecule has 0 radical (unpaired) electrons. The predicted octanol–water partition coefficient (Wildman–Crippen LogP) is 13.9. The summed E-state index contributed by atoms with van der Waals surface area (Å²) in [6, 6.07) is 30.7. The maximum Gasteiger partial charge on any atom is 0.169 e. The highest BCUT2D eigenvalue weighted by Crippen LogP contribution is 2.84. The molecule has 18 atom stereocenters. The third-order valence-electron chi connectivity index (χ3n) is 29.0. The van der Waals surface area contributed by atoms with Gasteiger partial charge in [-0.25, -0.2) is 4.98 Å². The molecule has 0 amide bonds. The summed E-state index contributed by atoms with van der Waals surface area (Å²) in [5.74, 6) is 10.2. The van der Waals surface area contributed by atoms with Gasteiger partial charge in [0.25, 0.3) is 0 Å². The lowest BCUT2D eigenvalue weighted by Crippen LogP contribution is -2.80. The molecule has 11 N–H and O–H groups in total. The molecule has 7 heterocycles. The van der Waals surface area contributed by atoms with Gasteiger partial charge >= 0.3 is 0 Å². The van der Waals surface area contributed by atoms with Crippen LogP contribution in [0.5, 0.6) is 28.7 Å². The number of aromatic amines is 2. The van der Waals surface area contributed by atoms with Crippen LogP contribution in [0, 0.1) is 69.0 Å². The van der Waals surface area contributed by atoms with Crippen molar-refractivity contribution in [1.82, 2.24) is 30.9 Å². The van der Waals surface area contributed by atoms with Crippen LogP contribution in [-0.4, -0.2) is 96.1 Å². The van der Waals surface area contributed by atoms with Crippen molar-refractivity contribution in [1.29, 1.82) is 0 Å². The van der Waals surface area contributed by atoms with Crippen molar-refractivity contribution >= 4 is 22.9 Å². The van der Waals surface area contributed by atoms with Gasteiger partial charge in [-0.15, -0.1) is 5.92 Å². The predicted molar refractivity (Wildman–Crippen MR) is 381 cm³/mol. The van der Waals surface area contributed by atoms with Crippen LogP contribution in [0.4, 0.5) is 0 Å². The van der Waals surface area contributed by atoms with Crippen molar-refractivity contribution in [3.8, 4) is 40.6 Å². The van der Waals surface area contributed by atoms with Gasteiger partial charge in [0.2, 0.25) is 0 Å². The molecule has 98 heavy (non-hydrogen) atoms. The van der Waals surface area contributed by atoms with E-state index in [0.29, 0.717) is 64.5 Å². The summed E-state index contributed by atoms with van der Waals surface area (Å²) in [5, 5.41) is 83.3. The number of aliphatic hydroxyl groups excluding tert-OH is 1. The first-order chi connectivity index (χ1) is 47.9. The Kier molecular flexibility index (Phi) is 14.6. The van der Waals surface area contributed by atoms with E-state index >= 15 is 0 Å². The first kappa shape index (κ1) is 61.5. The molecule has 5 aromatic carbocycles. The molecule has 12 aliphatic rings. The zero-order valence-corrected chi connectivity index (χ0v) is 56.2. The van der Waals surface area contributed by atoms with Crippen LogP contribution in [0.2, 0.25) is 0 Å². The first-order valence-electron chi connectivity index (χ1n) is 37.5. The number of aromatic nitrogens is 3. The smallest absolute Gasteiger partial charge is 0.169 e. The Hall–Kier alpha value is -7.57. The maximum absolute atomic E-state index is 13.9. The van der Waals surface area contributed by atoms with Crippen LogP contribution in [0.1, 0.15) is 176 Å². The quantitative estimate of drug-likeness (QED) is 0.0313. The number of benzene rings is 5. The molecule has 0 unspecified atom stereocenters. The number of allylic oxidation sites excluding steroid dienone is 1. The highest BCUT2D eigenvalue weighted by atomic mass is 16.5. The monoisotopic (exact) mass is 1310 g/mol. The third-order valence-corrected chi connectivity index (χ3v) is 29.0. The summed E-state index contributed by atoms with van der Waals surface area (Å²) in [6.07, 6.45) is 34.9. The van der Waals surface area contributed by atoms with Crippen molar-refractivity contribution in [2.75, 3.05) is 26.3 Å². The number of fused-ring (bicyclic) bond motifs is 4. The minimum atomic E-state index is -0.640. The van der Waals surface area contributed by atoms with Crippen LogP contribution in [-0.2, 0) is 42.3 Å². The summed E-state index contributed by atoms with van der Waals surface area (Å²) < 4.78 is 6.33. The number of phenolic OH excluding ortho intramolecular Hbond substituents is 5. The minimum absolute atomic E-state index is 0.0279. The number of piperidine rings is 2. The normalized spacial score (nSPS) is 37.2. The molecule has 4 saturated carbocycles. The molecule has 7 aliphatic carbocycles. The second kappa shape index (κ2) is 23.3. The van der Waals surface area contributed by atoms with Gasteiger partial charge in [0.1, 0.15) is 5.75 Å². The second-order valence-electron chi connectivity index (χ2n) is 32.8. The summed E-state index contributed by atoms with van der Waals surface area (Å²) in [6.45, 7) is 3.40. The van der Waals surface area contributed by atoms with Gasteiger partial charge in [-0.3, -0.25) is 0 Å². The van der Waals surface area contributed by atoms with Crippen LogP contribution in [0.15, 0.2) is 127 Å². The molecule has 13 heteroatoms. The summed E-state index contributed by atoms with van der Waals surface area (Å²) in [4.78, 5) is 13.7. The molecule has 19 rings (SSSR count). The lowest BCUT2D eigenvalue weighted by atomic mass is 9.28. The van der Waals surface area contributed by atoms with E-state index in [-0.39, 0.29) is 97.7 Å². The van der Waals surface area contributed by atoms with Crippen LogP contribution in [0.3, 0.4) is 0 Å². The van der Waals surface area contributed by atoms with E-state index in [0.717, 1.165) is 141 Å². The molecule has 7 fully saturated rings. The molecular weight excluding hydrogens is 1220 g/mol. The average Bonchev–Trinajstić information content (AvgIpc) is 1.32. The average molecular weight is 1310 g/mol. The molecule has 2 aromatic heterocycles. The number of ether oxygens (including phenoxy) is 1. The number of aliphatic hydroxyl groups is 1. The fourth-order valence-corrected chi connectivity index (χ4v) is 25.2. The van der Waals surface area contributed by atoms with Gasteiger partial charge in [-0.2, -0.15) is 0 Å². The van der Waals surface area contributed by atoms with Crippen molar-refractivity contribution in [2.45, 2.75) is 176 Å². The molecule has 5 aliphatic heterocycles. The molecule has 13 nitrogen and oxygen atoms in total. The zero-order valence-electron chi connectivity index (χ0n) is 56.2. The van der Waals surface area contributed by atoms with Gasteiger partial charge in [-0.05, 0) is 237 Å². The fourth-order valence-electron chi connectivity index (χ4n) is 25.2. The van der Waals surface area contributed by atoms with Crippen molar-refractivity contribution < 1.29 is 35.4 Å². The van der Waals surface area contributed by atoms with Gasteiger partial charge in [0.15, 0.2) is 23.0 Å². The van der Waals surface area contributed by atoms with Gasteiger partial charge in [0.05, 0.1) is 23.5 Å². The van der Waals surface area contributed by atoms with Crippen molar-refractivity contribution in [2.24, 2.45) is 57.2 Å². The van der Waals surface area contributed by atoms with Gasteiger partial charge < -0.3 is 61.3 Å². The number of imidazole rings is 1. The number of aromatic hydroxyl groups is 5.